The van der Waals surface area contributed by atoms with Gasteiger partial charge in [-0.15, -0.1) is 0 Å². The lowest BCUT2D eigenvalue weighted by Crippen LogP contribution is -2.25. The normalized spacial score (nSPS) is 12.0. The van der Waals surface area contributed by atoms with Gasteiger partial charge in [0.2, 0.25) is 0 Å². The highest BCUT2D eigenvalue weighted by atomic mass is 15.2. The molecular formula is C29H23N. The van der Waals surface area contributed by atoms with Crippen molar-refractivity contribution in [2.75, 3.05) is 4.90 Å². The number of hydrogen-bond acceptors (Lipinski definition) is 1. The van der Waals surface area contributed by atoms with E-state index in [1.807, 2.05) is 0 Å². The molecule has 0 bridgehead atoms. The Balaban J connectivity index is 1.78. The molecule has 6 aromatic carbocycles. The second kappa shape index (κ2) is 6.47. The van der Waals surface area contributed by atoms with E-state index in [0.29, 0.717) is 6.04 Å². The Morgan fingerprint density at radius 2 is 1.07 bits per heavy atom. The molecule has 0 saturated heterocycles. The molecule has 0 amide bonds. The molecule has 30 heavy (non-hydrogen) atoms. The average molecular weight is 386 g/mol. The largest absolute Gasteiger partial charge is 0.338 e. The molecule has 0 radical (unpaired) electrons. The maximum absolute atomic E-state index is 2.45. The van der Waals surface area contributed by atoms with Crippen molar-refractivity contribution in [3.8, 4) is 0 Å². The highest BCUT2D eigenvalue weighted by Gasteiger charge is 2.19. The van der Waals surface area contributed by atoms with Crippen molar-refractivity contribution in [2.24, 2.45) is 0 Å². The zero-order valence-corrected chi connectivity index (χ0v) is 17.3. The van der Waals surface area contributed by atoms with Crippen LogP contribution in [0.15, 0.2) is 97.1 Å². The first-order chi connectivity index (χ1) is 14.7. The topological polar surface area (TPSA) is 3.24 Å². The lowest BCUT2D eigenvalue weighted by atomic mass is 9.89. The Bertz CT molecular complexity index is 1460. The fraction of sp³-hybridized carbons (Fsp3) is 0.103. The van der Waals surface area contributed by atoms with Crippen LogP contribution in [0.1, 0.15) is 13.8 Å². The van der Waals surface area contributed by atoms with Gasteiger partial charge in [0.25, 0.3) is 0 Å². The number of para-hydroxylation sites is 1. The number of fused-ring (bicyclic) bond motifs is 2. The van der Waals surface area contributed by atoms with Crippen molar-refractivity contribution in [1.29, 1.82) is 0 Å². The molecule has 0 unspecified atom stereocenters. The molecular weight excluding hydrogens is 362 g/mol. The maximum atomic E-state index is 2.45. The van der Waals surface area contributed by atoms with Crippen LogP contribution in [0.2, 0.25) is 0 Å². The molecule has 6 rings (SSSR count). The van der Waals surface area contributed by atoms with Crippen molar-refractivity contribution >= 4 is 54.5 Å². The van der Waals surface area contributed by atoms with Crippen LogP contribution in [-0.4, -0.2) is 6.04 Å². The van der Waals surface area contributed by atoms with Crippen molar-refractivity contribution < 1.29 is 0 Å². The quantitative estimate of drug-likeness (QED) is 0.219. The van der Waals surface area contributed by atoms with E-state index in [-0.39, 0.29) is 0 Å². The van der Waals surface area contributed by atoms with E-state index < -0.39 is 0 Å². The third-order valence-corrected chi connectivity index (χ3v) is 6.31. The van der Waals surface area contributed by atoms with Gasteiger partial charge >= 0.3 is 0 Å². The third kappa shape index (κ3) is 2.35. The number of rotatable bonds is 3. The van der Waals surface area contributed by atoms with Gasteiger partial charge in [0.15, 0.2) is 0 Å². The third-order valence-electron chi connectivity index (χ3n) is 6.31. The molecule has 0 N–H and O–H groups in total. The van der Waals surface area contributed by atoms with Gasteiger partial charge in [-0.3, -0.25) is 0 Å². The SMILES string of the molecule is CC(C)N(c1ccccc1)c1ccc2c3cccc4cccc(c5cccc1c52)c43. The molecule has 0 aromatic heterocycles. The van der Waals surface area contributed by atoms with Crippen LogP contribution in [0.4, 0.5) is 11.4 Å². The summed E-state index contributed by atoms with van der Waals surface area (Å²) in [5.41, 5.74) is 2.50. The summed E-state index contributed by atoms with van der Waals surface area (Å²) >= 11 is 0. The molecule has 0 spiro atoms. The molecule has 1 nitrogen and oxygen atoms in total. The van der Waals surface area contributed by atoms with Crippen LogP contribution >= 0.6 is 0 Å². The van der Waals surface area contributed by atoms with E-state index in [9.17, 15) is 0 Å². The van der Waals surface area contributed by atoms with Gasteiger partial charge in [-0.05, 0) is 69.8 Å². The van der Waals surface area contributed by atoms with Crippen LogP contribution in [0.3, 0.4) is 0 Å². The van der Waals surface area contributed by atoms with Crippen molar-refractivity contribution in [2.45, 2.75) is 19.9 Å². The van der Waals surface area contributed by atoms with E-state index >= 15 is 0 Å². The molecule has 6 aromatic rings. The van der Waals surface area contributed by atoms with Crippen molar-refractivity contribution in [3.05, 3.63) is 97.1 Å². The fourth-order valence-electron chi connectivity index (χ4n) is 5.14. The van der Waals surface area contributed by atoms with Gasteiger partial charge in [-0.1, -0.05) is 78.9 Å². The first-order valence-electron chi connectivity index (χ1n) is 10.7. The lowest BCUT2D eigenvalue weighted by molar-refractivity contribution is 0.791. The second-order valence-electron chi connectivity index (χ2n) is 8.37. The number of benzene rings is 6. The Morgan fingerprint density at radius 3 is 1.73 bits per heavy atom. The molecule has 0 aliphatic carbocycles. The summed E-state index contributed by atoms with van der Waals surface area (Å²) in [6.45, 7) is 4.52. The summed E-state index contributed by atoms with van der Waals surface area (Å²) in [5.74, 6) is 0. The first-order valence-corrected chi connectivity index (χ1v) is 10.7. The van der Waals surface area contributed by atoms with E-state index in [4.69, 9.17) is 0 Å². The Hall–Kier alpha value is -3.58. The van der Waals surface area contributed by atoms with E-state index in [0.717, 1.165) is 0 Å². The molecule has 0 aliphatic rings. The predicted molar refractivity (Wildman–Crippen MR) is 131 cm³/mol. The molecule has 144 valence electrons. The average Bonchev–Trinajstić information content (AvgIpc) is 2.78. The summed E-state index contributed by atoms with van der Waals surface area (Å²) in [6, 6.07) is 35.8. The highest BCUT2D eigenvalue weighted by Crippen LogP contribution is 2.44. The van der Waals surface area contributed by atoms with Crippen LogP contribution in [0.5, 0.6) is 0 Å². The van der Waals surface area contributed by atoms with Gasteiger partial charge in [-0.2, -0.15) is 0 Å². The fourth-order valence-corrected chi connectivity index (χ4v) is 5.14. The zero-order chi connectivity index (χ0) is 20.2. The molecule has 0 atom stereocenters. The van der Waals surface area contributed by atoms with E-state index in [1.165, 1.54) is 54.5 Å². The minimum Gasteiger partial charge on any atom is -0.338 e. The highest BCUT2D eigenvalue weighted by molar-refractivity contribution is 6.34. The van der Waals surface area contributed by atoms with Gasteiger partial charge in [-0.25, -0.2) is 0 Å². The van der Waals surface area contributed by atoms with Crippen LogP contribution in [0.25, 0.3) is 43.1 Å². The molecule has 0 aliphatic heterocycles. The smallest absolute Gasteiger partial charge is 0.0493 e. The van der Waals surface area contributed by atoms with Crippen LogP contribution < -0.4 is 4.90 Å². The standard InChI is InChI=1S/C29H23N/c1-19(2)30(21-11-4-3-5-12-21)27-18-17-25-23-14-7-10-20-9-6-13-22(28(20)23)24-15-8-16-26(27)29(24)25/h3-19H,1-2H3. The zero-order valence-electron chi connectivity index (χ0n) is 17.3. The van der Waals surface area contributed by atoms with Crippen LogP contribution in [0, 0.1) is 0 Å². The van der Waals surface area contributed by atoms with Gasteiger partial charge < -0.3 is 4.90 Å². The Morgan fingerprint density at radius 1 is 0.500 bits per heavy atom. The molecule has 0 fully saturated rings. The monoisotopic (exact) mass is 385 g/mol. The summed E-state index contributed by atoms with van der Waals surface area (Å²) in [4.78, 5) is 2.45. The van der Waals surface area contributed by atoms with Gasteiger partial charge in [0, 0.05) is 22.8 Å². The molecule has 0 saturated carbocycles. The summed E-state index contributed by atoms with van der Waals surface area (Å²) in [6.07, 6.45) is 0. The number of nitrogens with zero attached hydrogens (tertiary/aromatic N) is 1. The van der Waals surface area contributed by atoms with Gasteiger partial charge in [0.1, 0.15) is 0 Å². The maximum Gasteiger partial charge on any atom is 0.0493 e. The minimum absolute atomic E-state index is 0.351. The predicted octanol–water partition coefficient (Wildman–Crippen LogP) is 8.28. The lowest BCUT2D eigenvalue weighted by Gasteiger charge is -2.31. The second-order valence-corrected chi connectivity index (χ2v) is 8.37. The number of hydrogen-bond donors (Lipinski definition) is 0. The summed E-state index contributed by atoms with van der Waals surface area (Å²) in [5, 5.41) is 10.7. The van der Waals surface area contributed by atoms with Crippen molar-refractivity contribution in [1.82, 2.24) is 0 Å². The van der Waals surface area contributed by atoms with E-state index in [1.54, 1.807) is 0 Å². The summed E-state index contributed by atoms with van der Waals surface area (Å²) < 4.78 is 0. The minimum atomic E-state index is 0.351. The van der Waals surface area contributed by atoms with Crippen molar-refractivity contribution in [3.63, 3.8) is 0 Å². The summed E-state index contributed by atoms with van der Waals surface area (Å²) in [7, 11) is 0. The first kappa shape index (κ1) is 17.3. The molecule has 0 heterocycles. The Labute approximate surface area is 176 Å². The van der Waals surface area contributed by atoms with Gasteiger partial charge in [0.05, 0.1) is 0 Å². The van der Waals surface area contributed by atoms with Crippen LogP contribution in [-0.2, 0) is 0 Å². The molecule has 1 heteroatoms. The van der Waals surface area contributed by atoms with E-state index in [2.05, 4.69) is 116 Å². The number of anilines is 2. The Kier molecular flexibility index (Phi) is 3.73.